The Labute approximate surface area is 87.7 Å². The zero-order valence-corrected chi connectivity index (χ0v) is 8.79. The summed E-state index contributed by atoms with van der Waals surface area (Å²) >= 11 is 0. The van der Waals surface area contributed by atoms with Crippen LogP contribution < -0.4 is 0 Å². The second-order valence-electron chi connectivity index (χ2n) is 4.47. The van der Waals surface area contributed by atoms with Crippen LogP contribution in [0.25, 0.3) is 0 Å². The Hall–Kier alpha value is -0.240. The van der Waals surface area contributed by atoms with Crippen LogP contribution in [0.3, 0.4) is 0 Å². The van der Waals surface area contributed by atoms with Crippen LogP contribution in [0.15, 0.2) is 0 Å². The smallest absolute Gasteiger partial charge is 0.143 e. The van der Waals surface area contributed by atoms with Gasteiger partial charge in [-0.25, -0.2) is 0 Å². The molecular weight excluding hydrogens is 204 g/mol. The topological polar surface area (TPSA) is 110 Å². The van der Waals surface area contributed by atoms with Gasteiger partial charge in [-0.3, -0.25) is 0 Å². The normalized spacial score (nSPS) is 39.0. The predicted octanol–water partition coefficient (Wildman–Crippen LogP) is -2.40. The molecule has 15 heavy (non-hydrogen) atoms. The van der Waals surface area contributed by atoms with Crippen molar-refractivity contribution >= 4 is 0 Å². The average molecular weight is 222 g/mol. The molecule has 6 nitrogen and oxygen atoms in total. The van der Waals surface area contributed by atoms with Crippen LogP contribution >= 0.6 is 0 Å². The molecule has 1 heterocycles. The van der Waals surface area contributed by atoms with E-state index in [1.807, 2.05) is 0 Å². The van der Waals surface area contributed by atoms with Gasteiger partial charge in [-0.15, -0.1) is 0 Å². The summed E-state index contributed by atoms with van der Waals surface area (Å²) in [5.41, 5.74) is -2.79. The fraction of sp³-hybridized carbons (Fsp3) is 1.00. The first-order valence-electron chi connectivity index (χ1n) is 4.77. The fourth-order valence-electron chi connectivity index (χ4n) is 1.84. The first-order chi connectivity index (χ1) is 6.80. The Kier molecular flexibility index (Phi) is 3.39. The minimum atomic E-state index is -1.64. The summed E-state index contributed by atoms with van der Waals surface area (Å²) in [7, 11) is 0. The van der Waals surface area contributed by atoms with E-state index >= 15 is 0 Å². The number of hydrogen-bond donors (Lipinski definition) is 5. The molecule has 0 amide bonds. The molecule has 1 saturated heterocycles. The lowest BCUT2D eigenvalue weighted by Crippen LogP contribution is -2.70. The summed E-state index contributed by atoms with van der Waals surface area (Å²) in [6.45, 7) is 1.73. The van der Waals surface area contributed by atoms with Gasteiger partial charge in [0, 0.05) is 0 Å². The van der Waals surface area contributed by atoms with E-state index in [4.69, 9.17) is 14.9 Å². The van der Waals surface area contributed by atoms with E-state index in [1.54, 1.807) is 0 Å². The first kappa shape index (κ1) is 12.8. The van der Waals surface area contributed by atoms with Crippen LogP contribution in [-0.4, -0.2) is 68.3 Å². The van der Waals surface area contributed by atoms with E-state index in [0.717, 1.165) is 0 Å². The van der Waals surface area contributed by atoms with Gasteiger partial charge in [0.15, 0.2) is 0 Å². The Bertz CT molecular complexity index is 225. The molecule has 3 unspecified atom stereocenters. The van der Waals surface area contributed by atoms with Crippen molar-refractivity contribution in [1.82, 2.24) is 0 Å². The predicted molar refractivity (Wildman–Crippen MR) is 50.1 cm³/mol. The minimum absolute atomic E-state index is 0.641. The van der Waals surface area contributed by atoms with Gasteiger partial charge < -0.3 is 30.3 Å². The quantitative estimate of drug-likeness (QED) is 0.356. The third kappa shape index (κ3) is 1.89. The van der Waals surface area contributed by atoms with Crippen LogP contribution in [0.1, 0.15) is 13.8 Å². The lowest BCUT2D eigenvalue weighted by Gasteiger charge is -2.51. The summed E-state index contributed by atoms with van der Waals surface area (Å²) < 4.78 is 5.29. The highest BCUT2D eigenvalue weighted by Gasteiger charge is 2.56. The van der Waals surface area contributed by atoms with Crippen LogP contribution in [0.2, 0.25) is 0 Å². The van der Waals surface area contributed by atoms with Crippen molar-refractivity contribution in [3.8, 4) is 0 Å². The summed E-state index contributed by atoms with van der Waals surface area (Å²) in [6.07, 6.45) is -4.28. The van der Waals surface area contributed by atoms with Crippen molar-refractivity contribution in [2.75, 3.05) is 13.2 Å². The van der Waals surface area contributed by atoms with Gasteiger partial charge in [-0.05, 0) is 13.8 Å². The third-order valence-electron chi connectivity index (χ3n) is 2.90. The lowest BCUT2D eigenvalue weighted by atomic mass is 9.81. The Morgan fingerprint density at radius 2 is 1.47 bits per heavy atom. The van der Waals surface area contributed by atoms with Gasteiger partial charge in [-0.2, -0.15) is 0 Å². The van der Waals surface area contributed by atoms with E-state index in [0.29, 0.717) is 0 Å². The van der Waals surface area contributed by atoms with Crippen molar-refractivity contribution in [2.45, 2.75) is 43.4 Å². The average Bonchev–Trinajstić information content (AvgIpc) is 2.21. The maximum Gasteiger partial charge on any atom is 0.143 e. The number of aliphatic hydroxyl groups is 5. The molecule has 1 rings (SSSR count). The molecule has 6 heteroatoms. The van der Waals surface area contributed by atoms with Crippen LogP contribution in [-0.2, 0) is 4.74 Å². The molecule has 0 bridgehead atoms. The molecule has 0 aromatic heterocycles. The van der Waals surface area contributed by atoms with Gasteiger partial charge >= 0.3 is 0 Å². The van der Waals surface area contributed by atoms with Gasteiger partial charge in [0.25, 0.3) is 0 Å². The Balaban J connectivity index is 3.02. The summed E-state index contributed by atoms with van der Waals surface area (Å²) in [5, 5.41) is 47.0. The maximum absolute atomic E-state index is 9.64. The highest BCUT2D eigenvalue weighted by Crippen LogP contribution is 2.35. The fourth-order valence-corrected chi connectivity index (χ4v) is 1.84. The minimum Gasteiger partial charge on any atom is -0.393 e. The van der Waals surface area contributed by atoms with Crippen molar-refractivity contribution in [3.05, 3.63) is 0 Å². The van der Waals surface area contributed by atoms with E-state index in [1.165, 1.54) is 13.8 Å². The molecule has 0 saturated carbocycles. The number of ether oxygens (including phenoxy) is 1. The van der Waals surface area contributed by atoms with Gasteiger partial charge in [0.2, 0.25) is 0 Å². The number of aliphatic hydroxyl groups excluding tert-OH is 5. The Morgan fingerprint density at radius 1 is 1.00 bits per heavy atom. The van der Waals surface area contributed by atoms with Gasteiger partial charge in [0.1, 0.15) is 23.9 Å². The highest BCUT2D eigenvalue weighted by atomic mass is 16.6. The largest absolute Gasteiger partial charge is 0.393 e. The molecule has 0 aliphatic carbocycles. The molecule has 5 N–H and O–H groups in total. The van der Waals surface area contributed by atoms with E-state index in [2.05, 4.69) is 0 Å². The SMILES string of the molecule is CC1(C)OC(CO)(CO)C(O)C(O)C1O. The highest BCUT2D eigenvalue weighted by molar-refractivity contribution is 5.04. The van der Waals surface area contributed by atoms with Crippen molar-refractivity contribution in [2.24, 2.45) is 0 Å². The summed E-state index contributed by atoms with van der Waals surface area (Å²) in [5.74, 6) is 0. The Morgan fingerprint density at radius 3 is 1.87 bits per heavy atom. The van der Waals surface area contributed by atoms with Crippen molar-refractivity contribution < 1.29 is 30.3 Å². The zero-order valence-electron chi connectivity index (χ0n) is 8.79. The second-order valence-corrected chi connectivity index (χ2v) is 4.47. The van der Waals surface area contributed by atoms with Gasteiger partial charge in [0.05, 0.1) is 18.8 Å². The van der Waals surface area contributed by atoms with Crippen LogP contribution in [0, 0.1) is 0 Å². The molecule has 1 aliphatic heterocycles. The van der Waals surface area contributed by atoms with Crippen molar-refractivity contribution in [1.29, 1.82) is 0 Å². The molecule has 0 radical (unpaired) electrons. The number of hydrogen-bond acceptors (Lipinski definition) is 6. The van der Waals surface area contributed by atoms with E-state index in [-0.39, 0.29) is 0 Å². The van der Waals surface area contributed by atoms with E-state index in [9.17, 15) is 15.3 Å². The number of rotatable bonds is 2. The molecular formula is C9H18O6. The van der Waals surface area contributed by atoms with Crippen LogP contribution in [0.4, 0.5) is 0 Å². The summed E-state index contributed by atoms with van der Waals surface area (Å²) in [4.78, 5) is 0. The molecule has 0 spiro atoms. The standard InChI is InChI=1S/C9H18O6/c1-8(2)6(13)5(12)7(14)9(3-10,4-11)15-8/h5-7,10-14H,3-4H2,1-2H3. The molecule has 1 fully saturated rings. The monoisotopic (exact) mass is 222 g/mol. The maximum atomic E-state index is 9.64. The van der Waals surface area contributed by atoms with Gasteiger partial charge in [-0.1, -0.05) is 0 Å². The lowest BCUT2D eigenvalue weighted by molar-refractivity contribution is -0.314. The molecule has 3 atom stereocenters. The first-order valence-corrected chi connectivity index (χ1v) is 4.77. The second kappa shape index (κ2) is 3.97. The molecule has 1 aliphatic rings. The van der Waals surface area contributed by atoms with E-state index < -0.39 is 42.7 Å². The third-order valence-corrected chi connectivity index (χ3v) is 2.90. The molecule has 0 aromatic carbocycles. The molecule has 90 valence electrons. The zero-order chi connectivity index (χ0) is 11.9. The van der Waals surface area contributed by atoms with Crippen molar-refractivity contribution in [3.63, 3.8) is 0 Å². The molecule has 0 aromatic rings. The summed E-state index contributed by atoms with van der Waals surface area (Å²) in [6, 6.07) is 0. The van der Waals surface area contributed by atoms with Crippen LogP contribution in [0.5, 0.6) is 0 Å².